The number of hydrogen-bond donors (Lipinski definition) is 0. The smallest absolute Gasteiger partial charge is 0.272 e. The number of benzene rings is 1. The first-order chi connectivity index (χ1) is 16.0. The molecule has 0 bridgehead atoms. The van der Waals surface area contributed by atoms with Crippen molar-refractivity contribution >= 4 is 11.7 Å². The molecular formula is C24H26N8O. The van der Waals surface area contributed by atoms with Crippen LogP contribution in [0.1, 0.15) is 21.9 Å². The summed E-state index contributed by atoms with van der Waals surface area (Å²) in [5, 5.41) is 4.54. The van der Waals surface area contributed by atoms with Crippen molar-refractivity contribution in [2.45, 2.75) is 13.8 Å². The maximum atomic E-state index is 13.2. The van der Waals surface area contributed by atoms with E-state index in [-0.39, 0.29) is 5.91 Å². The lowest BCUT2D eigenvalue weighted by Gasteiger charge is -2.35. The van der Waals surface area contributed by atoms with Crippen LogP contribution in [0.25, 0.3) is 17.1 Å². The Bertz CT molecular complexity index is 1290. The monoisotopic (exact) mass is 442 g/mol. The summed E-state index contributed by atoms with van der Waals surface area (Å²) in [4.78, 5) is 30.5. The van der Waals surface area contributed by atoms with Crippen LogP contribution in [0.2, 0.25) is 0 Å². The summed E-state index contributed by atoms with van der Waals surface area (Å²) in [5.74, 6) is 1.64. The van der Waals surface area contributed by atoms with Crippen molar-refractivity contribution < 1.29 is 4.79 Å². The van der Waals surface area contributed by atoms with Gasteiger partial charge in [-0.2, -0.15) is 5.10 Å². The molecule has 168 valence electrons. The number of aryl methyl sites for hydroxylation is 2. The molecule has 5 rings (SSSR count). The highest BCUT2D eigenvalue weighted by Gasteiger charge is 2.26. The fraction of sp³-hybridized carbons (Fsp3) is 0.292. The van der Waals surface area contributed by atoms with Gasteiger partial charge in [0.2, 0.25) is 0 Å². The third-order valence-corrected chi connectivity index (χ3v) is 6.20. The molecule has 1 aromatic carbocycles. The number of anilines is 1. The summed E-state index contributed by atoms with van der Waals surface area (Å²) >= 11 is 0. The van der Waals surface area contributed by atoms with Crippen LogP contribution in [0.3, 0.4) is 0 Å². The van der Waals surface area contributed by atoms with Crippen LogP contribution in [-0.4, -0.2) is 66.3 Å². The third-order valence-electron chi connectivity index (χ3n) is 6.20. The first-order valence-electron chi connectivity index (χ1n) is 11.0. The van der Waals surface area contributed by atoms with Gasteiger partial charge in [0, 0.05) is 50.6 Å². The van der Waals surface area contributed by atoms with E-state index in [1.165, 1.54) is 0 Å². The quantitative estimate of drug-likeness (QED) is 0.483. The fourth-order valence-corrected chi connectivity index (χ4v) is 4.09. The molecule has 0 unspecified atom stereocenters. The molecule has 0 saturated carbocycles. The Morgan fingerprint density at radius 1 is 0.909 bits per heavy atom. The van der Waals surface area contributed by atoms with E-state index in [1.54, 1.807) is 17.3 Å². The number of nitrogens with zero attached hydrogens (tertiary/aromatic N) is 8. The Balaban J connectivity index is 1.28. The van der Waals surface area contributed by atoms with Crippen molar-refractivity contribution in [1.82, 2.24) is 34.2 Å². The van der Waals surface area contributed by atoms with Crippen LogP contribution in [0.4, 0.5) is 5.82 Å². The Kier molecular flexibility index (Phi) is 5.37. The summed E-state index contributed by atoms with van der Waals surface area (Å²) in [6.45, 7) is 6.65. The zero-order valence-electron chi connectivity index (χ0n) is 19.0. The van der Waals surface area contributed by atoms with Gasteiger partial charge in [-0.25, -0.2) is 15.0 Å². The predicted octanol–water partition coefficient (Wildman–Crippen LogP) is 2.64. The molecule has 1 aliphatic heterocycles. The van der Waals surface area contributed by atoms with Gasteiger partial charge in [0.15, 0.2) is 0 Å². The number of amides is 1. The van der Waals surface area contributed by atoms with Crippen LogP contribution in [-0.2, 0) is 7.05 Å². The van der Waals surface area contributed by atoms with Crippen molar-refractivity contribution in [3.63, 3.8) is 0 Å². The summed E-state index contributed by atoms with van der Waals surface area (Å²) < 4.78 is 3.64. The number of hydrogen-bond acceptors (Lipinski definition) is 6. The number of carbonyl (C=O) groups excluding carboxylic acids is 1. The second kappa shape index (κ2) is 8.50. The molecule has 0 spiro atoms. The average molecular weight is 443 g/mol. The van der Waals surface area contributed by atoms with Gasteiger partial charge in [0.25, 0.3) is 5.91 Å². The molecule has 3 aromatic heterocycles. The average Bonchev–Trinajstić information content (AvgIpc) is 3.41. The van der Waals surface area contributed by atoms with Crippen molar-refractivity contribution in [2.75, 3.05) is 31.1 Å². The Hall–Kier alpha value is -4.01. The van der Waals surface area contributed by atoms with Gasteiger partial charge >= 0.3 is 0 Å². The second-order valence-corrected chi connectivity index (χ2v) is 8.20. The van der Waals surface area contributed by atoms with Crippen LogP contribution in [0.15, 0.2) is 55.1 Å². The summed E-state index contributed by atoms with van der Waals surface area (Å²) in [6.07, 6.45) is 3.36. The van der Waals surface area contributed by atoms with Gasteiger partial charge < -0.3 is 9.80 Å². The van der Waals surface area contributed by atoms with Crippen LogP contribution in [0, 0.1) is 13.8 Å². The number of piperazine rings is 1. The zero-order chi connectivity index (χ0) is 22.9. The van der Waals surface area contributed by atoms with Crippen molar-refractivity contribution in [3.8, 4) is 17.1 Å². The molecular weight excluding hydrogens is 416 g/mol. The second-order valence-electron chi connectivity index (χ2n) is 8.20. The normalized spacial score (nSPS) is 14.0. The lowest BCUT2D eigenvalue weighted by Crippen LogP contribution is -2.49. The van der Waals surface area contributed by atoms with Gasteiger partial charge in [-0.05, 0) is 19.9 Å². The first kappa shape index (κ1) is 20.9. The molecule has 0 radical (unpaired) electrons. The standard InChI is InChI=1S/C24H26N8O/c1-17-18(2)32(16-27-17)23-14-22(25-15-26-23)30-9-11-31(12-10-30)24(33)21-13-20(28-29(21)3)19-7-5-4-6-8-19/h4-8,13-16H,9-12H2,1-3H3. The van der Waals surface area contributed by atoms with Crippen molar-refractivity contribution in [3.05, 3.63) is 72.2 Å². The van der Waals surface area contributed by atoms with Crippen LogP contribution in [0.5, 0.6) is 0 Å². The molecule has 4 aromatic rings. The molecule has 0 N–H and O–H groups in total. The van der Waals surface area contributed by atoms with E-state index in [1.807, 2.05) is 72.8 Å². The lowest BCUT2D eigenvalue weighted by atomic mass is 10.1. The van der Waals surface area contributed by atoms with E-state index in [2.05, 4.69) is 25.0 Å². The number of rotatable bonds is 4. The van der Waals surface area contributed by atoms with Gasteiger partial charge in [-0.15, -0.1) is 0 Å². The van der Waals surface area contributed by atoms with Gasteiger partial charge in [0.1, 0.15) is 30.0 Å². The van der Waals surface area contributed by atoms with E-state index < -0.39 is 0 Å². The molecule has 9 heteroatoms. The SMILES string of the molecule is Cc1ncn(-c2cc(N3CCN(C(=O)c4cc(-c5ccccc5)nn4C)CC3)ncn2)c1C. The highest BCUT2D eigenvalue weighted by atomic mass is 16.2. The van der Waals surface area contributed by atoms with E-state index in [9.17, 15) is 4.79 Å². The Morgan fingerprint density at radius 2 is 1.64 bits per heavy atom. The molecule has 1 aliphatic rings. The topological polar surface area (TPSA) is 85.0 Å². The minimum Gasteiger partial charge on any atom is -0.353 e. The summed E-state index contributed by atoms with van der Waals surface area (Å²) in [7, 11) is 1.82. The minimum atomic E-state index is -0.000256. The molecule has 0 atom stereocenters. The minimum absolute atomic E-state index is 0.000256. The van der Waals surface area contributed by atoms with Crippen molar-refractivity contribution in [2.24, 2.45) is 7.05 Å². The summed E-state index contributed by atoms with van der Waals surface area (Å²) in [6, 6.07) is 13.7. The first-order valence-corrected chi connectivity index (χ1v) is 11.0. The van der Waals surface area contributed by atoms with E-state index in [4.69, 9.17) is 0 Å². The van der Waals surface area contributed by atoms with E-state index >= 15 is 0 Å². The van der Waals surface area contributed by atoms with Gasteiger partial charge in [-0.3, -0.25) is 14.0 Å². The number of imidazole rings is 1. The Labute approximate surface area is 192 Å². The largest absolute Gasteiger partial charge is 0.353 e. The fourth-order valence-electron chi connectivity index (χ4n) is 4.09. The maximum absolute atomic E-state index is 13.2. The van der Waals surface area contributed by atoms with E-state index in [0.29, 0.717) is 31.9 Å². The number of carbonyl (C=O) groups is 1. The van der Waals surface area contributed by atoms with Crippen molar-refractivity contribution in [1.29, 1.82) is 0 Å². The molecule has 1 saturated heterocycles. The molecule has 33 heavy (non-hydrogen) atoms. The zero-order valence-corrected chi connectivity index (χ0v) is 19.0. The molecule has 1 amide bonds. The van der Waals surface area contributed by atoms with Gasteiger partial charge in [-0.1, -0.05) is 30.3 Å². The lowest BCUT2D eigenvalue weighted by molar-refractivity contribution is 0.0735. The van der Waals surface area contributed by atoms with Crippen LogP contribution >= 0.6 is 0 Å². The van der Waals surface area contributed by atoms with E-state index in [0.717, 1.165) is 34.3 Å². The highest BCUT2D eigenvalue weighted by Crippen LogP contribution is 2.21. The van der Waals surface area contributed by atoms with Crippen LogP contribution < -0.4 is 4.90 Å². The Morgan fingerprint density at radius 3 is 2.33 bits per heavy atom. The summed E-state index contributed by atoms with van der Waals surface area (Å²) in [5.41, 5.74) is 4.44. The number of aromatic nitrogens is 6. The molecule has 9 nitrogen and oxygen atoms in total. The molecule has 0 aliphatic carbocycles. The molecule has 4 heterocycles. The molecule has 1 fully saturated rings. The third kappa shape index (κ3) is 3.97. The predicted molar refractivity (Wildman–Crippen MR) is 125 cm³/mol. The van der Waals surface area contributed by atoms with Gasteiger partial charge in [0.05, 0.1) is 11.4 Å². The highest BCUT2D eigenvalue weighted by molar-refractivity contribution is 5.94. The maximum Gasteiger partial charge on any atom is 0.272 e.